The summed E-state index contributed by atoms with van der Waals surface area (Å²) in [4.78, 5) is 17.1. The molecule has 1 fully saturated rings. The molecule has 6 heteroatoms. The van der Waals surface area contributed by atoms with Crippen LogP contribution in [0.5, 0.6) is 0 Å². The van der Waals surface area contributed by atoms with Crippen LogP contribution in [0.25, 0.3) is 0 Å². The zero-order valence-electron chi connectivity index (χ0n) is 20.2. The first kappa shape index (κ1) is 25.5. The van der Waals surface area contributed by atoms with Gasteiger partial charge in [0.15, 0.2) is 0 Å². The third kappa shape index (κ3) is 7.44. The highest BCUT2D eigenvalue weighted by Crippen LogP contribution is 2.29. The topological polar surface area (TPSA) is 68.6 Å². The number of rotatable bonds is 12. The summed E-state index contributed by atoms with van der Waals surface area (Å²) >= 11 is 0. The number of carbonyl (C=O) groups is 1. The lowest BCUT2D eigenvalue weighted by atomic mass is 9.96. The largest absolute Gasteiger partial charge is 0.390 e. The number of hydrogen-bond donors (Lipinski definition) is 1. The number of hydrogen-bond acceptors (Lipinski definition) is 5. The number of benzene rings is 2. The molecule has 0 unspecified atom stereocenters. The number of piperazine rings is 1. The number of unbranched alkanes of at least 4 members (excludes halogenated alkanes) is 1. The molecule has 2 aromatic carbocycles. The van der Waals surface area contributed by atoms with Crippen LogP contribution in [0.2, 0.25) is 0 Å². The van der Waals surface area contributed by atoms with Gasteiger partial charge in [-0.15, -0.1) is 0 Å². The van der Waals surface area contributed by atoms with Crippen LogP contribution in [0, 0.1) is 11.3 Å². The van der Waals surface area contributed by atoms with E-state index in [2.05, 4.69) is 71.7 Å². The van der Waals surface area contributed by atoms with Crippen LogP contribution < -0.4 is 5.32 Å². The first-order valence-electron chi connectivity index (χ1n) is 12.3. The number of carbonyl (C=O) groups excluding carboxylic acids is 1. The summed E-state index contributed by atoms with van der Waals surface area (Å²) in [5.41, 5.74) is 2.64. The highest BCUT2D eigenvalue weighted by Gasteiger charge is 2.29. The number of amides is 1. The highest BCUT2D eigenvalue weighted by atomic mass is 16.5. The monoisotopic (exact) mass is 460 g/mol. The van der Waals surface area contributed by atoms with Crippen molar-refractivity contribution in [2.24, 2.45) is 0 Å². The second-order valence-corrected chi connectivity index (χ2v) is 8.50. The molecular formula is C28H36N4O2. The summed E-state index contributed by atoms with van der Waals surface area (Å²) in [6.07, 6.45) is 4.59. The predicted molar refractivity (Wildman–Crippen MR) is 135 cm³/mol. The summed E-state index contributed by atoms with van der Waals surface area (Å²) < 4.78 is 5.54. The molecule has 0 spiro atoms. The van der Waals surface area contributed by atoms with Gasteiger partial charge in [0.05, 0.1) is 6.04 Å². The SMILES string of the molecule is CCCCOCCCN/C=C(/C#N)C(=O)N1CCN(C(c2ccccc2)c2ccccc2)CC1. The van der Waals surface area contributed by atoms with E-state index in [9.17, 15) is 10.1 Å². The molecule has 1 heterocycles. The third-order valence-corrected chi connectivity index (χ3v) is 6.05. The molecule has 1 aliphatic rings. The van der Waals surface area contributed by atoms with Gasteiger partial charge in [-0.1, -0.05) is 74.0 Å². The summed E-state index contributed by atoms with van der Waals surface area (Å²) in [5, 5.41) is 12.6. The van der Waals surface area contributed by atoms with E-state index in [-0.39, 0.29) is 17.5 Å². The number of nitrogens with one attached hydrogen (secondary N) is 1. The van der Waals surface area contributed by atoms with Crippen molar-refractivity contribution >= 4 is 5.91 Å². The average Bonchev–Trinajstić information content (AvgIpc) is 2.89. The molecule has 1 N–H and O–H groups in total. The molecule has 1 saturated heterocycles. The predicted octanol–water partition coefficient (Wildman–Crippen LogP) is 4.12. The van der Waals surface area contributed by atoms with Crippen molar-refractivity contribution in [1.29, 1.82) is 5.26 Å². The van der Waals surface area contributed by atoms with Crippen molar-refractivity contribution < 1.29 is 9.53 Å². The fraction of sp³-hybridized carbons (Fsp3) is 0.429. The van der Waals surface area contributed by atoms with E-state index in [1.54, 1.807) is 11.1 Å². The second-order valence-electron chi connectivity index (χ2n) is 8.50. The van der Waals surface area contributed by atoms with Gasteiger partial charge in [-0.25, -0.2) is 0 Å². The average molecular weight is 461 g/mol. The number of ether oxygens (including phenoxy) is 1. The van der Waals surface area contributed by atoms with E-state index in [0.717, 1.165) is 39.0 Å². The molecule has 0 atom stereocenters. The van der Waals surface area contributed by atoms with Gasteiger partial charge in [0.1, 0.15) is 11.6 Å². The minimum atomic E-state index is -0.204. The summed E-state index contributed by atoms with van der Waals surface area (Å²) in [6, 6.07) is 23.2. The summed E-state index contributed by atoms with van der Waals surface area (Å²) in [6.45, 7) is 6.98. The Morgan fingerprint density at radius 3 is 2.15 bits per heavy atom. The van der Waals surface area contributed by atoms with Gasteiger partial charge in [-0.2, -0.15) is 5.26 Å². The Morgan fingerprint density at radius 2 is 1.59 bits per heavy atom. The molecule has 0 bridgehead atoms. The van der Waals surface area contributed by atoms with E-state index in [1.807, 2.05) is 12.1 Å². The molecule has 0 saturated carbocycles. The highest BCUT2D eigenvalue weighted by molar-refractivity contribution is 5.97. The van der Waals surface area contributed by atoms with Crippen molar-refractivity contribution in [3.8, 4) is 6.07 Å². The van der Waals surface area contributed by atoms with Crippen molar-refractivity contribution in [3.63, 3.8) is 0 Å². The Bertz CT molecular complexity index is 892. The molecule has 180 valence electrons. The quantitative estimate of drug-likeness (QED) is 0.293. The van der Waals surface area contributed by atoms with Crippen LogP contribution in [-0.4, -0.2) is 61.6 Å². The fourth-order valence-corrected chi connectivity index (χ4v) is 4.18. The first-order chi connectivity index (χ1) is 16.7. The molecule has 34 heavy (non-hydrogen) atoms. The maximum absolute atomic E-state index is 12.9. The Morgan fingerprint density at radius 1 is 1.00 bits per heavy atom. The number of nitriles is 1. The minimum Gasteiger partial charge on any atom is -0.390 e. The summed E-state index contributed by atoms with van der Waals surface area (Å²) in [5.74, 6) is -0.204. The first-order valence-corrected chi connectivity index (χ1v) is 12.3. The summed E-state index contributed by atoms with van der Waals surface area (Å²) in [7, 11) is 0. The van der Waals surface area contributed by atoms with Crippen molar-refractivity contribution in [2.45, 2.75) is 32.2 Å². The molecule has 2 aromatic rings. The van der Waals surface area contributed by atoms with Gasteiger partial charge in [-0.05, 0) is 24.0 Å². The lowest BCUT2D eigenvalue weighted by Gasteiger charge is -2.39. The van der Waals surface area contributed by atoms with Gasteiger partial charge in [0.25, 0.3) is 5.91 Å². The van der Waals surface area contributed by atoms with Crippen LogP contribution in [0.15, 0.2) is 72.4 Å². The molecule has 6 nitrogen and oxygen atoms in total. The van der Waals surface area contributed by atoms with E-state index in [1.165, 1.54) is 11.1 Å². The van der Waals surface area contributed by atoms with Gasteiger partial charge in [0.2, 0.25) is 0 Å². The fourth-order valence-electron chi connectivity index (χ4n) is 4.18. The van der Waals surface area contributed by atoms with Crippen molar-refractivity contribution in [2.75, 3.05) is 45.9 Å². The lowest BCUT2D eigenvalue weighted by molar-refractivity contribution is -0.128. The van der Waals surface area contributed by atoms with Gasteiger partial charge >= 0.3 is 0 Å². The smallest absolute Gasteiger partial charge is 0.266 e. The Hall–Kier alpha value is -3.14. The van der Waals surface area contributed by atoms with Crippen LogP contribution in [0.1, 0.15) is 43.4 Å². The minimum absolute atomic E-state index is 0.145. The van der Waals surface area contributed by atoms with E-state index < -0.39 is 0 Å². The molecule has 1 amide bonds. The van der Waals surface area contributed by atoms with Gasteiger partial charge < -0.3 is 15.0 Å². The maximum atomic E-state index is 12.9. The second kappa shape index (κ2) is 14.2. The Labute approximate surface area is 203 Å². The lowest BCUT2D eigenvalue weighted by Crippen LogP contribution is -2.50. The molecule has 1 aliphatic heterocycles. The molecule has 0 radical (unpaired) electrons. The normalized spacial score (nSPS) is 14.7. The van der Waals surface area contributed by atoms with Crippen LogP contribution in [0.3, 0.4) is 0 Å². The Kier molecular flexibility index (Phi) is 10.6. The van der Waals surface area contributed by atoms with E-state index >= 15 is 0 Å². The van der Waals surface area contributed by atoms with Crippen LogP contribution in [-0.2, 0) is 9.53 Å². The van der Waals surface area contributed by atoms with Gasteiger partial charge in [-0.3, -0.25) is 9.69 Å². The van der Waals surface area contributed by atoms with Crippen molar-refractivity contribution in [3.05, 3.63) is 83.6 Å². The molecular weight excluding hydrogens is 424 g/mol. The Balaban J connectivity index is 1.54. The molecule has 0 aromatic heterocycles. The maximum Gasteiger partial charge on any atom is 0.266 e. The zero-order chi connectivity index (χ0) is 24.0. The molecule has 0 aliphatic carbocycles. The van der Waals surface area contributed by atoms with Crippen LogP contribution >= 0.6 is 0 Å². The van der Waals surface area contributed by atoms with Crippen LogP contribution in [0.4, 0.5) is 0 Å². The number of nitrogens with zero attached hydrogens (tertiary/aromatic N) is 3. The van der Waals surface area contributed by atoms with E-state index in [4.69, 9.17) is 4.74 Å². The molecule has 3 rings (SSSR count). The standard InChI is InChI=1S/C28H36N4O2/c1-2-3-20-34-21-10-15-30-23-26(22-29)28(33)32-18-16-31(17-19-32)27(24-11-6-4-7-12-24)25-13-8-5-9-14-25/h4-9,11-14,23,27,30H,2-3,10,15-21H2,1H3/b26-23-. The third-order valence-electron chi connectivity index (χ3n) is 6.05. The van der Waals surface area contributed by atoms with Gasteiger partial charge in [0, 0.05) is 52.1 Å². The van der Waals surface area contributed by atoms with Crippen molar-refractivity contribution in [1.82, 2.24) is 15.1 Å². The van der Waals surface area contributed by atoms with E-state index in [0.29, 0.717) is 26.2 Å². The zero-order valence-corrected chi connectivity index (χ0v) is 20.2.